The van der Waals surface area contributed by atoms with E-state index in [1.54, 1.807) is 12.1 Å². The summed E-state index contributed by atoms with van der Waals surface area (Å²) in [5, 5.41) is 9.37. The number of aromatic nitrogens is 6. The van der Waals surface area contributed by atoms with Gasteiger partial charge in [0.2, 0.25) is 0 Å². The lowest BCUT2D eigenvalue weighted by Crippen LogP contribution is -2.00. The van der Waals surface area contributed by atoms with Crippen LogP contribution >= 0.6 is 0 Å². The molecule has 262 valence electrons. The molecule has 0 unspecified atom stereocenters. The summed E-state index contributed by atoms with van der Waals surface area (Å²) in [6.07, 6.45) is 0. The second-order valence-corrected chi connectivity index (χ2v) is 13.1. The smallest absolute Gasteiger partial charge is 0.164 e. The van der Waals surface area contributed by atoms with E-state index in [4.69, 9.17) is 29.9 Å². The highest BCUT2D eigenvalue weighted by molar-refractivity contribution is 5.75. The molecule has 0 aliphatic carbocycles. The van der Waals surface area contributed by atoms with E-state index >= 15 is 0 Å². The fourth-order valence-electron chi connectivity index (χ4n) is 6.49. The van der Waals surface area contributed by atoms with E-state index in [0.717, 1.165) is 55.6 Å². The molecule has 0 N–H and O–H groups in total. The van der Waals surface area contributed by atoms with Crippen LogP contribution in [0.25, 0.3) is 90.6 Å². The van der Waals surface area contributed by atoms with E-state index in [2.05, 4.69) is 54.6 Å². The Morgan fingerprint density at radius 2 is 0.518 bits per heavy atom. The first-order valence-electron chi connectivity index (χ1n) is 18.2. The van der Waals surface area contributed by atoms with Crippen LogP contribution in [0.4, 0.5) is 0 Å². The van der Waals surface area contributed by atoms with Crippen LogP contribution < -0.4 is 0 Å². The maximum Gasteiger partial charge on any atom is 0.164 e. The van der Waals surface area contributed by atoms with Crippen molar-refractivity contribution in [2.45, 2.75) is 0 Å². The first-order valence-corrected chi connectivity index (χ1v) is 18.2. The summed E-state index contributed by atoms with van der Waals surface area (Å²) in [7, 11) is 0. The van der Waals surface area contributed by atoms with Crippen LogP contribution in [-0.4, -0.2) is 29.9 Å². The Kier molecular flexibility index (Phi) is 9.18. The largest absolute Gasteiger partial charge is 0.208 e. The minimum absolute atomic E-state index is 0.531. The lowest BCUT2D eigenvalue weighted by Gasteiger charge is -2.11. The SMILES string of the molecule is N#Cc1ccc(-c2nc(-c3ccc(-c4ccc(-c5nc(-c6ccccc6)nc(-c6ccccc6)n5)cc4)cc3)nc(-c3cccc(-c4ccccc4)c3)n2)cc1. The van der Waals surface area contributed by atoms with Gasteiger partial charge in [-0.15, -0.1) is 0 Å². The molecule has 0 spiro atoms. The molecule has 0 bridgehead atoms. The Hall–Kier alpha value is -7.95. The maximum atomic E-state index is 9.37. The molecule has 7 aromatic carbocycles. The molecule has 9 rings (SSSR count). The summed E-state index contributed by atoms with van der Waals surface area (Å²) in [5.41, 5.74) is 10.1. The Morgan fingerprint density at radius 3 is 0.911 bits per heavy atom. The molecular weight excluding hydrogens is 687 g/mol. The first kappa shape index (κ1) is 33.9. The number of rotatable bonds is 8. The molecule has 2 aromatic heterocycles. The van der Waals surface area contributed by atoms with Gasteiger partial charge in [-0.05, 0) is 52.6 Å². The first-order chi connectivity index (χ1) is 27.7. The van der Waals surface area contributed by atoms with Gasteiger partial charge in [-0.2, -0.15) is 5.26 Å². The molecule has 0 radical (unpaired) electrons. The zero-order valence-corrected chi connectivity index (χ0v) is 30.0. The van der Waals surface area contributed by atoms with E-state index in [0.29, 0.717) is 40.5 Å². The van der Waals surface area contributed by atoms with Crippen molar-refractivity contribution >= 4 is 0 Å². The maximum absolute atomic E-state index is 9.37. The lowest BCUT2D eigenvalue weighted by atomic mass is 10.0. The predicted octanol–water partition coefficient (Wildman–Crippen LogP) is 11.3. The van der Waals surface area contributed by atoms with Crippen LogP contribution in [0.2, 0.25) is 0 Å². The van der Waals surface area contributed by atoms with Gasteiger partial charge in [0.05, 0.1) is 11.6 Å². The van der Waals surface area contributed by atoms with Gasteiger partial charge in [0.1, 0.15) is 0 Å². The fourth-order valence-corrected chi connectivity index (χ4v) is 6.49. The number of nitriles is 1. The Bertz CT molecular complexity index is 2760. The molecule has 7 nitrogen and oxygen atoms in total. The molecule has 0 aliphatic rings. The second-order valence-electron chi connectivity index (χ2n) is 13.1. The molecule has 0 saturated carbocycles. The number of hydrogen-bond acceptors (Lipinski definition) is 7. The topological polar surface area (TPSA) is 101 Å². The highest BCUT2D eigenvalue weighted by Crippen LogP contribution is 2.31. The van der Waals surface area contributed by atoms with Crippen molar-refractivity contribution in [1.29, 1.82) is 5.26 Å². The number of hydrogen-bond donors (Lipinski definition) is 0. The Morgan fingerprint density at radius 1 is 0.250 bits per heavy atom. The average Bonchev–Trinajstić information content (AvgIpc) is 3.30. The van der Waals surface area contributed by atoms with Crippen LogP contribution in [0.3, 0.4) is 0 Å². The minimum atomic E-state index is 0.531. The summed E-state index contributed by atoms with van der Waals surface area (Å²) >= 11 is 0. The molecule has 0 fully saturated rings. The van der Waals surface area contributed by atoms with Gasteiger partial charge in [0.15, 0.2) is 34.9 Å². The van der Waals surface area contributed by atoms with Crippen LogP contribution in [0, 0.1) is 11.3 Å². The van der Waals surface area contributed by atoms with Gasteiger partial charge in [-0.1, -0.05) is 158 Å². The van der Waals surface area contributed by atoms with Crippen molar-refractivity contribution in [2.75, 3.05) is 0 Å². The second kappa shape index (κ2) is 15.2. The third-order valence-corrected chi connectivity index (χ3v) is 9.45. The third-order valence-electron chi connectivity index (χ3n) is 9.45. The van der Waals surface area contributed by atoms with Crippen molar-refractivity contribution in [2.24, 2.45) is 0 Å². The van der Waals surface area contributed by atoms with Crippen molar-refractivity contribution in [3.8, 4) is 96.7 Å². The molecule has 56 heavy (non-hydrogen) atoms. The van der Waals surface area contributed by atoms with E-state index < -0.39 is 0 Å². The van der Waals surface area contributed by atoms with Gasteiger partial charge in [0, 0.05) is 33.4 Å². The summed E-state index contributed by atoms with van der Waals surface area (Å²) in [6.45, 7) is 0. The lowest BCUT2D eigenvalue weighted by molar-refractivity contribution is 1.07. The molecule has 9 aromatic rings. The standard InChI is InChI=1S/C49H31N7/c50-32-33-19-21-39(22-20-33)46-54-48(56-49(55-46)43-18-10-17-42(31-43)34-11-4-1-5-12-34)41-29-25-36(26-30-41)35-23-27-40(28-24-35)47-52-44(37-13-6-2-7-14-37)51-45(53-47)38-15-8-3-9-16-38/h1-31H. The normalized spacial score (nSPS) is 10.8. The molecule has 0 amide bonds. The van der Waals surface area contributed by atoms with Crippen LogP contribution in [0.5, 0.6) is 0 Å². The van der Waals surface area contributed by atoms with E-state index in [1.165, 1.54) is 0 Å². The monoisotopic (exact) mass is 717 g/mol. The average molecular weight is 718 g/mol. The van der Waals surface area contributed by atoms with Crippen molar-refractivity contribution in [3.05, 3.63) is 194 Å². The summed E-state index contributed by atoms with van der Waals surface area (Å²) < 4.78 is 0. The summed E-state index contributed by atoms with van der Waals surface area (Å²) in [5.74, 6) is 3.51. The van der Waals surface area contributed by atoms with Crippen LogP contribution in [0.1, 0.15) is 5.56 Å². The molecule has 0 saturated heterocycles. The quantitative estimate of drug-likeness (QED) is 0.154. The number of nitrogens with zero attached hydrogens (tertiary/aromatic N) is 7. The molecule has 0 aliphatic heterocycles. The van der Waals surface area contributed by atoms with E-state index in [9.17, 15) is 5.26 Å². The Balaban J connectivity index is 1.04. The van der Waals surface area contributed by atoms with Crippen molar-refractivity contribution in [1.82, 2.24) is 29.9 Å². The van der Waals surface area contributed by atoms with Crippen molar-refractivity contribution in [3.63, 3.8) is 0 Å². The molecule has 0 atom stereocenters. The third kappa shape index (κ3) is 7.19. The molecule has 2 heterocycles. The van der Waals surface area contributed by atoms with Gasteiger partial charge in [-0.25, -0.2) is 29.9 Å². The van der Waals surface area contributed by atoms with E-state index in [1.807, 2.05) is 127 Å². The van der Waals surface area contributed by atoms with Crippen molar-refractivity contribution < 1.29 is 0 Å². The molecule has 7 heteroatoms. The van der Waals surface area contributed by atoms with E-state index in [-0.39, 0.29) is 0 Å². The Labute approximate surface area is 324 Å². The van der Waals surface area contributed by atoms with Gasteiger partial charge in [-0.3, -0.25) is 0 Å². The minimum Gasteiger partial charge on any atom is -0.208 e. The van der Waals surface area contributed by atoms with Gasteiger partial charge in [0.25, 0.3) is 0 Å². The molecular formula is C49H31N7. The van der Waals surface area contributed by atoms with Crippen LogP contribution in [-0.2, 0) is 0 Å². The number of benzene rings is 7. The van der Waals surface area contributed by atoms with Gasteiger partial charge < -0.3 is 0 Å². The highest BCUT2D eigenvalue weighted by Gasteiger charge is 2.15. The highest BCUT2D eigenvalue weighted by atomic mass is 15.0. The summed E-state index contributed by atoms with van der Waals surface area (Å²) in [6, 6.07) is 64.4. The summed E-state index contributed by atoms with van der Waals surface area (Å²) in [4.78, 5) is 29.4. The fraction of sp³-hybridized carbons (Fsp3) is 0. The zero-order chi connectivity index (χ0) is 37.7. The predicted molar refractivity (Wildman–Crippen MR) is 221 cm³/mol. The van der Waals surface area contributed by atoms with Gasteiger partial charge >= 0.3 is 0 Å². The zero-order valence-electron chi connectivity index (χ0n) is 30.0. The van der Waals surface area contributed by atoms with Crippen LogP contribution in [0.15, 0.2) is 188 Å².